The number of nitrogens with one attached hydrogen (secondary N) is 2. The van der Waals surface area contributed by atoms with Gasteiger partial charge in [-0.05, 0) is 32.5 Å². The van der Waals surface area contributed by atoms with Crippen LogP contribution in [0, 0.1) is 0 Å². The monoisotopic (exact) mass is 524 g/mol. The predicted octanol–water partition coefficient (Wildman–Crippen LogP) is 2.35. The van der Waals surface area contributed by atoms with E-state index in [1.807, 2.05) is 19.1 Å². The first-order valence-corrected chi connectivity index (χ1v) is 9.58. The lowest BCUT2D eigenvalue weighted by molar-refractivity contribution is 0.180. The number of halogens is 1. The lowest BCUT2D eigenvalue weighted by Crippen LogP contribution is -2.41. The van der Waals surface area contributed by atoms with Gasteiger partial charge in [-0.1, -0.05) is 0 Å². The average molecular weight is 524 g/mol. The molecule has 0 aromatic heterocycles. The molecule has 0 amide bonds. The molecule has 168 valence electrons. The van der Waals surface area contributed by atoms with Gasteiger partial charge in [0.2, 0.25) is 5.75 Å². The fraction of sp³-hybridized carbons (Fsp3) is 0.650. The van der Waals surface area contributed by atoms with Crippen LogP contribution in [0.25, 0.3) is 0 Å². The summed E-state index contributed by atoms with van der Waals surface area (Å²) in [6.45, 7) is 6.82. The largest absolute Gasteiger partial charge is 0.493 e. The van der Waals surface area contributed by atoms with E-state index in [2.05, 4.69) is 27.6 Å². The SMILES string of the molecule is CCNC(=NCc1ccc(OC)c(OC)c1OC)NCCN(C)CCCOC.I. The van der Waals surface area contributed by atoms with Gasteiger partial charge in [-0.3, -0.25) is 0 Å². The zero-order valence-electron chi connectivity index (χ0n) is 18.5. The van der Waals surface area contributed by atoms with Gasteiger partial charge >= 0.3 is 0 Å². The quantitative estimate of drug-likeness (QED) is 0.178. The number of benzene rings is 1. The molecule has 0 aliphatic heterocycles. The maximum Gasteiger partial charge on any atom is 0.203 e. The zero-order chi connectivity index (χ0) is 20.8. The number of guanidine groups is 1. The van der Waals surface area contributed by atoms with E-state index in [-0.39, 0.29) is 24.0 Å². The molecule has 0 aliphatic carbocycles. The molecule has 0 fully saturated rings. The molecule has 0 spiro atoms. The summed E-state index contributed by atoms with van der Waals surface area (Å²) in [6.07, 6.45) is 1.03. The molecule has 1 aromatic rings. The summed E-state index contributed by atoms with van der Waals surface area (Å²) < 4.78 is 21.4. The second-order valence-electron chi connectivity index (χ2n) is 6.27. The molecule has 0 heterocycles. The number of aliphatic imine (C=N–C) groups is 1. The Bertz CT molecular complexity index is 602. The molecular formula is C20H37IN4O4. The average Bonchev–Trinajstić information content (AvgIpc) is 2.71. The minimum atomic E-state index is 0. The Balaban J connectivity index is 0.00000784. The van der Waals surface area contributed by atoms with Crippen molar-refractivity contribution >= 4 is 29.9 Å². The van der Waals surface area contributed by atoms with Crippen molar-refractivity contribution in [3.05, 3.63) is 17.7 Å². The molecule has 29 heavy (non-hydrogen) atoms. The first-order valence-electron chi connectivity index (χ1n) is 9.58. The summed E-state index contributed by atoms with van der Waals surface area (Å²) in [4.78, 5) is 6.95. The molecular weight excluding hydrogens is 487 g/mol. The van der Waals surface area contributed by atoms with Gasteiger partial charge in [0.05, 0.1) is 27.9 Å². The lowest BCUT2D eigenvalue weighted by atomic mass is 10.1. The Morgan fingerprint density at radius 3 is 2.31 bits per heavy atom. The minimum absolute atomic E-state index is 0. The summed E-state index contributed by atoms with van der Waals surface area (Å²) in [5.41, 5.74) is 0.925. The number of rotatable bonds is 13. The molecule has 8 nitrogen and oxygen atoms in total. The summed E-state index contributed by atoms with van der Waals surface area (Å²) in [6, 6.07) is 3.80. The van der Waals surface area contributed by atoms with E-state index in [0.29, 0.717) is 23.8 Å². The number of ether oxygens (including phenoxy) is 4. The second-order valence-corrected chi connectivity index (χ2v) is 6.27. The molecule has 2 N–H and O–H groups in total. The van der Waals surface area contributed by atoms with Crippen molar-refractivity contribution in [2.24, 2.45) is 4.99 Å². The Labute approximate surface area is 192 Å². The van der Waals surface area contributed by atoms with Crippen LogP contribution in [-0.2, 0) is 11.3 Å². The zero-order valence-corrected chi connectivity index (χ0v) is 20.9. The second kappa shape index (κ2) is 16.3. The molecule has 0 aliphatic rings. The Hall–Kier alpha value is -1.46. The van der Waals surface area contributed by atoms with Gasteiger partial charge in [0.15, 0.2) is 17.5 Å². The first-order chi connectivity index (χ1) is 13.6. The third-order valence-electron chi connectivity index (χ3n) is 4.21. The van der Waals surface area contributed by atoms with Crippen molar-refractivity contribution in [3.8, 4) is 17.2 Å². The van der Waals surface area contributed by atoms with Gasteiger partial charge in [-0.25, -0.2) is 4.99 Å². The highest BCUT2D eigenvalue weighted by atomic mass is 127. The van der Waals surface area contributed by atoms with E-state index in [4.69, 9.17) is 18.9 Å². The van der Waals surface area contributed by atoms with Crippen LogP contribution in [0.2, 0.25) is 0 Å². The molecule has 0 unspecified atom stereocenters. The van der Waals surface area contributed by atoms with Gasteiger partial charge < -0.3 is 34.5 Å². The van der Waals surface area contributed by atoms with Crippen LogP contribution >= 0.6 is 24.0 Å². The molecule has 1 aromatic carbocycles. The molecule has 0 saturated carbocycles. The summed E-state index contributed by atoms with van der Waals surface area (Å²) in [5, 5.41) is 6.64. The Morgan fingerprint density at radius 2 is 1.72 bits per heavy atom. The molecule has 0 atom stereocenters. The molecule has 1 rings (SSSR count). The number of hydrogen-bond acceptors (Lipinski definition) is 6. The number of hydrogen-bond donors (Lipinski definition) is 2. The topological polar surface area (TPSA) is 76.6 Å². The van der Waals surface area contributed by atoms with Gasteiger partial charge in [-0.2, -0.15) is 0 Å². The van der Waals surface area contributed by atoms with E-state index >= 15 is 0 Å². The number of likely N-dealkylation sites (N-methyl/N-ethyl adjacent to an activating group) is 1. The highest BCUT2D eigenvalue weighted by Gasteiger charge is 2.15. The van der Waals surface area contributed by atoms with Crippen LogP contribution < -0.4 is 24.8 Å². The smallest absolute Gasteiger partial charge is 0.203 e. The van der Waals surface area contributed by atoms with E-state index in [1.165, 1.54) is 0 Å². The predicted molar refractivity (Wildman–Crippen MR) is 128 cm³/mol. The van der Waals surface area contributed by atoms with Gasteiger partial charge in [0, 0.05) is 45.5 Å². The first kappa shape index (κ1) is 27.5. The van der Waals surface area contributed by atoms with Crippen molar-refractivity contribution in [2.75, 3.05) is 68.3 Å². The maximum atomic E-state index is 5.53. The van der Waals surface area contributed by atoms with Crippen LogP contribution in [0.4, 0.5) is 0 Å². The van der Waals surface area contributed by atoms with Crippen molar-refractivity contribution in [1.29, 1.82) is 0 Å². The number of methoxy groups -OCH3 is 4. The van der Waals surface area contributed by atoms with Crippen LogP contribution in [0.15, 0.2) is 17.1 Å². The van der Waals surface area contributed by atoms with Crippen LogP contribution in [0.1, 0.15) is 18.9 Å². The van der Waals surface area contributed by atoms with Crippen molar-refractivity contribution in [1.82, 2.24) is 15.5 Å². The van der Waals surface area contributed by atoms with E-state index in [9.17, 15) is 0 Å². The minimum Gasteiger partial charge on any atom is -0.493 e. The number of nitrogens with zero attached hydrogens (tertiary/aromatic N) is 2. The summed E-state index contributed by atoms with van der Waals surface area (Å²) in [5.74, 6) is 2.62. The normalized spacial score (nSPS) is 11.1. The van der Waals surface area contributed by atoms with Gasteiger partial charge in [0.25, 0.3) is 0 Å². The van der Waals surface area contributed by atoms with Gasteiger partial charge in [0.1, 0.15) is 0 Å². The maximum absolute atomic E-state index is 5.53. The standard InChI is InChI=1S/C20H36N4O4.HI/c1-7-21-20(22-11-13-24(2)12-8-14-25-3)23-15-16-9-10-17(26-4)19(28-6)18(16)27-5;/h9-10H,7-8,11-15H2,1-6H3,(H2,21,22,23);1H. The van der Waals surface area contributed by atoms with E-state index in [0.717, 1.165) is 50.7 Å². The van der Waals surface area contributed by atoms with E-state index in [1.54, 1.807) is 28.4 Å². The highest BCUT2D eigenvalue weighted by molar-refractivity contribution is 14.0. The van der Waals surface area contributed by atoms with Crippen molar-refractivity contribution in [3.63, 3.8) is 0 Å². The highest BCUT2D eigenvalue weighted by Crippen LogP contribution is 2.39. The molecule has 0 bridgehead atoms. The van der Waals surface area contributed by atoms with Crippen molar-refractivity contribution < 1.29 is 18.9 Å². The third kappa shape index (κ3) is 9.72. The molecule has 0 saturated heterocycles. The van der Waals surface area contributed by atoms with Crippen molar-refractivity contribution in [2.45, 2.75) is 19.9 Å². The van der Waals surface area contributed by atoms with Crippen LogP contribution in [-0.4, -0.2) is 79.1 Å². The Kier molecular flexibility index (Phi) is 15.5. The lowest BCUT2D eigenvalue weighted by Gasteiger charge is -2.18. The summed E-state index contributed by atoms with van der Waals surface area (Å²) in [7, 11) is 8.66. The third-order valence-corrected chi connectivity index (χ3v) is 4.21. The molecule has 9 heteroatoms. The van der Waals surface area contributed by atoms with Gasteiger partial charge in [-0.15, -0.1) is 24.0 Å². The fourth-order valence-electron chi connectivity index (χ4n) is 2.75. The van der Waals surface area contributed by atoms with Crippen LogP contribution in [0.5, 0.6) is 17.2 Å². The Morgan fingerprint density at radius 1 is 1.00 bits per heavy atom. The fourth-order valence-corrected chi connectivity index (χ4v) is 2.75. The van der Waals surface area contributed by atoms with Crippen LogP contribution in [0.3, 0.4) is 0 Å². The van der Waals surface area contributed by atoms with E-state index < -0.39 is 0 Å². The molecule has 0 radical (unpaired) electrons. The summed E-state index contributed by atoms with van der Waals surface area (Å²) >= 11 is 0.